The Kier molecular flexibility index (Phi) is 3.89. The van der Waals surface area contributed by atoms with Gasteiger partial charge in [0.25, 0.3) is 0 Å². The van der Waals surface area contributed by atoms with E-state index in [1.807, 2.05) is 18.3 Å². The van der Waals surface area contributed by atoms with E-state index in [0.717, 1.165) is 24.8 Å². The van der Waals surface area contributed by atoms with Gasteiger partial charge in [0.05, 0.1) is 12.1 Å². The zero-order chi connectivity index (χ0) is 22.3. The maximum atomic E-state index is 13.9. The Morgan fingerprint density at radius 3 is 2.79 bits per heavy atom. The number of aromatic nitrogens is 5. The summed E-state index contributed by atoms with van der Waals surface area (Å²) in [6.07, 6.45) is 9.16. The molecule has 4 heterocycles. The first-order valence-corrected chi connectivity index (χ1v) is 11.6. The Morgan fingerprint density at radius 1 is 1.18 bits per heavy atom. The van der Waals surface area contributed by atoms with E-state index >= 15 is 0 Å². The van der Waals surface area contributed by atoms with Crippen LogP contribution in [-0.4, -0.2) is 41.7 Å². The van der Waals surface area contributed by atoms with Crippen molar-refractivity contribution in [1.82, 2.24) is 24.6 Å². The second kappa shape index (κ2) is 6.76. The third kappa shape index (κ3) is 2.68. The standard InChI is InChI=1S/C24H23FN6O2/c25-11-8-16-17(10-27-21(16)26-9-11)22-29-23(18-2-1-7-31(18)30-22)28-20-15-6-5-14(19(20)24(32)33)12-3-4-13(12)15/h1-2,7-10,12-15,19-20H,3-6H2,(H,26,27)(H,32,33)(H,28,29,30)/t12?,13?,14-,15+,19-,20?/m0/s1. The average Bonchev–Trinajstić information content (AvgIpc) is 3.40. The maximum Gasteiger partial charge on any atom is 0.308 e. The van der Waals surface area contributed by atoms with E-state index in [4.69, 9.17) is 4.98 Å². The minimum atomic E-state index is -0.716. The zero-order valence-corrected chi connectivity index (χ0v) is 17.8. The maximum absolute atomic E-state index is 13.9. The summed E-state index contributed by atoms with van der Waals surface area (Å²) in [5.41, 5.74) is 2.00. The molecule has 0 aromatic carbocycles. The van der Waals surface area contributed by atoms with Gasteiger partial charge in [-0.25, -0.2) is 18.9 Å². The largest absolute Gasteiger partial charge is 0.481 e. The van der Waals surface area contributed by atoms with E-state index in [-0.39, 0.29) is 12.0 Å². The van der Waals surface area contributed by atoms with Crippen LogP contribution in [0.3, 0.4) is 0 Å². The predicted molar refractivity (Wildman–Crippen MR) is 119 cm³/mol. The molecule has 3 N–H and O–H groups in total. The topological polar surface area (TPSA) is 108 Å². The van der Waals surface area contributed by atoms with Crippen LogP contribution in [0.1, 0.15) is 25.7 Å². The van der Waals surface area contributed by atoms with Crippen molar-refractivity contribution in [3.05, 3.63) is 42.6 Å². The molecule has 0 amide bonds. The van der Waals surface area contributed by atoms with Gasteiger partial charge in [0.15, 0.2) is 11.6 Å². The van der Waals surface area contributed by atoms with Crippen molar-refractivity contribution in [1.29, 1.82) is 0 Å². The molecule has 2 bridgehead atoms. The number of hydrogen-bond donors (Lipinski definition) is 3. The van der Waals surface area contributed by atoms with Gasteiger partial charge in [-0.2, -0.15) is 0 Å². The molecular formula is C24H23FN6O2. The fourth-order valence-corrected chi connectivity index (χ4v) is 6.86. The number of H-pyrrole nitrogens is 1. The van der Waals surface area contributed by atoms with E-state index in [1.165, 1.54) is 18.7 Å². The average molecular weight is 446 g/mol. The van der Waals surface area contributed by atoms with Crippen molar-refractivity contribution < 1.29 is 14.3 Å². The number of halogens is 1. The quantitative estimate of drug-likeness (QED) is 0.438. The first-order chi connectivity index (χ1) is 16.1. The molecule has 0 radical (unpaired) electrons. The summed E-state index contributed by atoms with van der Waals surface area (Å²) in [5.74, 6) is 1.23. The molecule has 4 saturated carbocycles. The number of fused-ring (bicyclic) bond motifs is 4. The van der Waals surface area contributed by atoms with Crippen LogP contribution in [0.2, 0.25) is 0 Å². The highest BCUT2D eigenvalue weighted by atomic mass is 19.1. The molecule has 33 heavy (non-hydrogen) atoms. The molecule has 168 valence electrons. The molecule has 0 saturated heterocycles. The van der Waals surface area contributed by atoms with Crippen LogP contribution >= 0.6 is 0 Å². The SMILES string of the molecule is O=C(O)[C@@H]1C(Nc2nc(-c3c[nH]c4ncc(F)cc34)nn3cccc23)[C@@H]2CC[C@H]1C1CCC12. The van der Waals surface area contributed by atoms with Crippen molar-refractivity contribution in [3.8, 4) is 11.4 Å². The van der Waals surface area contributed by atoms with Crippen LogP contribution in [-0.2, 0) is 4.79 Å². The highest BCUT2D eigenvalue weighted by Gasteiger charge is 2.59. The van der Waals surface area contributed by atoms with Crippen LogP contribution in [0.4, 0.5) is 10.2 Å². The monoisotopic (exact) mass is 446 g/mol. The first-order valence-electron chi connectivity index (χ1n) is 11.6. The molecule has 8 nitrogen and oxygen atoms in total. The van der Waals surface area contributed by atoms with Gasteiger partial charge in [0, 0.05) is 29.4 Å². The summed E-state index contributed by atoms with van der Waals surface area (Å²) in [7, 11) is 0. The lowest BCUT2D eigenvalue weighted by atomic mass is 9.46. The molecule has 0 spiro atoms. The Hall–Kier alpha value is -3.49. The third-order valence-electron chi connectivity index (χ3n) is 8.34. The van der Waals surface area contributed by atoms with Crippen LogP contribution in [0, 0.1) is 35.4 Å². The Morgan fingerprint density at radius 2 is 1.97 bits per heavy atom. The highest BCUT2D eigenvalue weighted by Crippen LogP contribution is 2.60. The van der Waals surface area contributed by atoms with Crippen molar-refractivity contribution in [2.75, 3.05) is 5.32 Å². The van der Waals surface area contributed by atoms with Gasteiger partial charge < -0.3 is 15.4 Å². The number of nitrogens with zero attached hydrogens (tertiary/aromatic N) is 4. The minimum Gasteiger partial charge on any atom is -0.481 e. The van der Waals surface area contributed by atoms with Gasteiger partial charge in [-0.1, -0.05) is 0 Å². The van der Waals surface area contributed by atoms with E-state index in [0.29, 0.717) is 46.0 Å². The molecule has 4 aromatic rings. The minimum absolute atomic E-state index is 0.161. The van der Waals surface area contributed by atoms with Crippen LogP contribution < -0.4 is 5.32 Å². The van der Waals surface area contributed by atoms with Gasteiger partial charge in [0.2, 0.25) is 0 Å². The summed E-state index contributed by atoms with van der Waals surface area (Å²) < 4.78 is 15.6. The van der Waals surface area contributed by atoms with Gasteiger partial charge in [-0.3, -0.25) is 4.79 Å². The molecule has 4 aromatic heterocycles. The summed E-state index contributed by atoms with van der Waals surface area (Å²) >= 11 is 0. The summed E-state index contributed by atoms with van der Waals surface area (Å²) in [6.45, 7) is 0. The van der Waals surface area contributed by atoms with Gasteiger partial charge >= 0.3 is 5.97 Å². The molecule has 3 unspecified atom stereocenters. The van der Waals surface area contributed by atoms with Crippen LogP contribution in [0.15, 0.2) is 36.8 Å². The number of carboxylic acids is 1. The van der Waals surface area contributed by atoms with Crippen molar-refractivity contribution in [2.45, 2.75) is 31.7 Å². The van der Waals surface area contributed by atoms with Gasteiger partial charge in [0.1, 0.15) is 17.0 Å². The summed E-state index contributed by atoms with van der Waals surface area (Å²) in [4.78, 5) is 24.3. The molecule has 0 aliphatic heterocycles. The predicted octanol–water partition coefficient (Wildman–Crippen LogP) is 3.96. The Bertz CT molecular complexity index is 1410. The molecule has 8 rings (SSSR count). The lowest BCUT2D eigenvalue weighted by molar-refractivity contribution is -0.160. The van der Waals surface area contributed by atoms with E-state index < -0.39 is 17.7 Å². The molecule has 6 atom stereocenters. The number of pyridine rings is 1. The fourth-order valence-electron chi connectivity index (χ4n) is 6.86. The number of rotatable bonds is 4. The highest BCUT2D eigenvalue weighted by molar-refractivity contribution is 5.92. The van der Waals surface area contributed by atoms with Crippen molar-refractivity contribution in [2.24, 2.45) is 29.6 Å². The van der Waals surface area contributed by atoms with Gasteiger partial charge in [-0.05, 0) is 67.6 Å². The van der Waals surface area contributed by atoms with Crippen molar-refractivity contribution >= 4 is 28.3 Å². The number of anilines is 1. The second-order valence-corrected chi connectivity index (χ2v) is 9.72. The fraction of sp³-hybridized carbons (Fsp3) is 0.417. The molecule has 4 aliphatic carbocycles. The normalized spacial score (nSPS) is 30.3. The number of aliphatic carboxylic acids is 1. The Labute approximate surface area is 188 Å². The molecule has 4 aliphatic rings. The number of nitrogens with one attached hydrogen (secondary N) is 2. The number of carboxylic acid groups (broad SMARTS) is 1. The lowest BCUT2D eigenvalue weighted by Crippen LogP contribution is -2.61. The lowest BCUT2D eigenvalue weighted by Gasteiger charge is -2.60. The van der Waals surface area contributed by atoms with E-state index in [9.17, 15) is 14.3 Å². The number of hydrogen-bond acceptors (Lipinski definition) is 5. The van der Waals surface area contributed by atoms with Crippen LogP contribution in [0.5, 0.6) is 0 Å². The van der Waals surface area contributed by atoms with Crippen LogP contribution in [0.25, 0.3) is 27.9 Å². The van der Waals surface area contributed by atoms with Gasteiger partial charge in [-0.15, -0.1) is 5.10 Å². The number of carbonyl (C=O) groups is 1. The van der Waals surface area contributed by atoms with Crippen molar-refractivity contribution in [3.63, 3.8) is 0 Å². The molecular weight excluding hydrogens is 423 g/mol. The molecule has 4 fully saturated rings. The number of aromatic amines is 1. The smallest absolute Gasteiger partial charge is 0.308 e. The van der Waals surface area contributed by atoms with E-state index in [2.05, 4.69) is 20.4 Å². The summed E-state index contributed by atoms with van der Waals surface area (Å²) in [6, 6.07) is 5.07. The summed E-state index contributed by atoms with van der Waals surface area (Å²) in [5, 5.41) is 18.9. The molecule has 9 heteroatoms. The third-order valence-corrected chi connectivity index (χ3v) is 8.34. The zero-order valence-electron chi connectivity index (χ0n) is 17.8. The first kappa shape index (κ1) is 19.0. The second-order valence-electron chi connectivity index (χ2n) is 9.72. The van der Waals surface area contributed by atoms with E-state index in [1.54, 1.807) is 10.7 Å². The Balaban J connectivity index is 1.33.